The zero-order valence-electron chi connectivity index (χ0n) is 9.48. The van der Waals surface area contributed by atoms with Gasteiger partial charge in [0.2, 0.25) is 0 Å². The van der Waals surface area contributed by atoms with E-state index in [2.05, 4.69) is 15.6 Å². The highest BCUT2D eigenvalue weighted by atomic mass is 16.5. The van der Waals surface area contributed by atoms with Gasteiger partial charge in [0.15, 0.2) is 17.7 Å². The van der Waals surface area contributed by atoms with E-state index in [1.807, 2.05) is 6.07 Å². The monoisotopic (exact) mass is 233 g/mol. The summed E-state index contributed by atoms with van der Waals surface area (Å²) in [5.74, 6) is 1.09. The van der Waals surface area contributed by atoms with Gasteiger partial charge in [0, 0.05) is 18.7 Å². The third-order valence-corrected chi connectivity index (χ3v) is 3.23. The van der Waals surface area contributed by atoms with Gasteiger partial charge in [0.1, 0.15) is 0 Å². The molecule has 2 aliphatic rings. The SMILES string of the molecule is O=C1Nc2ncccc2OC1CC1CCCN1. The fourth-order valence-corrected chi connectivity index (χ4v) is 2.35. The van der Waals surface area contributed by atoms with E-state index in [-0.39, 0.29) is 5.91 Å². The van der Waals surface area contributed by atoms with Crippen LogP contribution in [0.5, 0.6) is 5.75 Å². The molecule has 5 heteroatoms. The Bertz CT molecular complexity index is 430. The molecule has 90 valence electrons. The van der Waals surface area contributed by atoms with E-state index >= 15 is 0 Å². The van der Waals surface area contributed by atoms with Gasteiger partial charge in [0.25, 0.3) is 5.91 Å². The summed E-state index contributed by atoms with van der Waals surface area (Å²) in [6, 6.07) is 4.03. The molecule has 3 heterocycles. The number of hydrogen-bond donors (Lipinski definition) is 2. The molecule has 0 radical (unpaired) electrons. The van der Waals surface area contributed by atoms with E-state index in [0.29, 0.717) is 17.6 Å². The molecular weight excluding hydrogens is 218 g/mol. The number of carbonyl (C=O) groups excluding carboxylic acids is 1. The first kappa shape index (κ1) is 10.5. The van der Waals surface area contributed by atoms with Crippen LogP contribution in [0, 0.1) is 0 Å². The molecule has 0 spiro atoms. The molecule has 2 N–H and O–H groups in total. The molecule has 2 unspecified atom stereocenters. The minimum absolute atomic E-state index is 0.0927. The summed E-state index contributed by atoms with van der Waals surface area (Å²) < 4.78 is 5.69. The lowest BCUT2D eigenvalue weighted by atomic mass is 10.1. The quantitative estimate of drug-likeness (QED) is 0.797. The molecule has 3 rings (SSSR count). The number of nitrogens with zero attached hydrogens (tertiary/aromatic N) is 1. The zero-order valence-corrected chi connectivity index (χ0v) is 9.48. The van der Waals surface area contributed by atoms with Gasteiger partial charge in [-0.1, -0.05) is 0 Å². The van der Waals surface area contributed by atoms with Gasteiger partial charge in [0.05, 0.1) is 0 Å². The number of rotatable bonds is 2. The third-order valence-electron chi connectivity index (χ3n) is 3.23. The van der Waals surface area contributed by atoms with Crippen LogP contribution in [0.25, 0.3) is 0 Å². The van der Waals surface area contributed by atoms with Crippen molar-refractivity contribution in [3.8, 4) is 5.75 Å². The number of aromatic nitrogens is 1. The first-order valence-corrected chi connectivity index (χ1v) is 5.99. The van der Waals surface area contributed by atoms with Crippen LogP contribution < -0.4 is 15.4 Å². The Hall–Kier alpha value is -1.62. The number of amides is 1. The molecule has 1 aromatic rings. The predicted molar refractivity (Wildman–Crippen MR) is 62.9 cm³/mol. The third kappa shape index (κ3) is 2.10. The maximum atomic E-state index is 11.8. The van der Waals surface area contributed by atoms with Gasteiger partial charge in [-0.25, -0.2) is 4.98 Å². The summed E-state index contributed by atoms with van der Waals surface area (Å²) in [5.41, 5.74) is 0. The van der Waals surface area contributed by atoms with E-state index in [9.17, 15) is 4.79 Å². The van der Waals surface area contributed by atoms with Crippen molar-refractivity contribution < 1.29 is 9.53 Å². The molecule has 2 atom stereocenters. The Balaban J connectivity index is 1.72. The Morgan fingerprint density at radius 1 is 1.53 bits per heavy atom. The molecule has 1 amide bonds. The average molecular weight is 233 g/mol. The smallest absolute Gasteiger partial charge is 0.266 e. The van der Waals surface area contributed by atoms with Gasteiger partial charge in [-0.3, -0.25) is 4.79 Å². The number of ether oxygens (including phenoxy) is 1. The molecule has 0 bridgehead atoms. The number of nitrogens with one attached hydrogen (secondary N) is 2. The lowest BCUT2D eigenvalue weighted by Crippen LogP contribution is -2.41. The first-order chi connectivity index (χ1) is 8.33. The van der Waals surface area contributed by atoms with Crippen LogP contribution in [0.2, 0.25) is 0 Å². The fourth-order valence-electron chi connectivity index (χ4n) is 2.35. The van der Waals surface area contributed by atoms with Crippen molar-refractivity contribution >= 4 is 11.7 Å². The standard InChI is InChI=1S/C12H15N3O2/c16-12-10(7-8-3-1-5-13-8)17-9-4-2-6-14-11(9)15-12/h2,4,6,8,10,13H,1,3,5,7H2,(H,14,15,16). The molecule has 0 saturated carbocycles. The van der Waals surface area contributed by atoms with Crippen molar-refractivity contribution in [1.82, 2.24) is 10.3 Å². The highest BCUT2D eigenvalue weighted by Gasteiger charge is 2.31. The van der Waals surface area contributed by atoms with Crippen LogP contribution in [-0.4, -0.2) is 29.6 Å². The summed E-state index contributed by atoms with van der Waals surface area (Å²) in [6.45, 7) is 1.04. The van der Waals surface area contributed by atoms with Gasteiger partial charge in [-0.05, 0) is 31.5 Å². The second-order valence-corrected chi connectivity index (χ2v) is 4.47. The van der Waals surface area contributed by atoms with E-state index in [0.717, 1.165) is 19.4 Å². The summed E-state index contributed by atoms with van der Waals surface area (Å²) >= 11 is 0. The van der Waals surface area contributed by atoms with Crippen molar-refractivity contribution in [2.45, 2.75) is 31.4 Å². The summed E-state index contributed by atoms with van der Waals surface area (Å²) in [7, 11) is 0. The van der Waals surface area contributed by atoms with Crippen LogP contribution >= 0.6 is 0 Å². The average Bonchev–Trinajstić information content (AvgIpc) is 2.83. The Morgan fingerprint density at radius 3 is 3.29 bits per heavy atom. The number of pyridine rings is 1. The van der Waals surface area contributed by atoms with Gasteiger partial charge in [-0.15, -0.1) is 0 Å². The lowest BCUT2D eigenvalue weighted by molar-refractivity contribution is -0.124. The molecular formula is C12H15N3O2. The van der Waals surface area contributed by atoms with Crippen molar-refractivity contribution in [3.05, 3.63) is 18.3 Å². The van der Waals surface area contributed by atoms with Crippen molar-refractivity contribution in [2.75, 3.05) is 11.9 Å². The molecule has 0 aromatic carbocycles. The topological polar surface area (TPSA) is 63.2 Å². The van der Waals surface area contributed by atoms with Crippen LogP contribution in [0.15, 0.2) is 18.3 Å². The maximum Gasteiger partial charge on any atom is 0.266 e. The highest BCUT2D eigenvalue weighted by molar-refractivity contribution is 5.96. The van der Waals surface area contributed by atoms with Crippen molar-refractivity contribution in [2.24, 2.45) is 0 Å². The van der Waals surface area contributed by atoms with Crippen LogP contribution in [0.4, 0.5) is 5.82 Å². The van der Waals surface area contributed by atoms with E-state index in [1.165, 1.54) is 6.42 Å². The second kappa shape index (κ2) is 4.33. The summed E-state index contributed by atoms with van der Waals surface area (Å²) in [6.07, 6.45) is 4.26. The van der Waals surface area contributed by atoms with E-state index in [4.69, 9.17) is 4.74 Å². The molecule has 1 fully saturated rings. The fraction of sp³-hybridized carbons (Fsp3) is 0.500. The Kier molecular flexibility index (Phi) is 2.68. The Morgan fingerprint density at radius 2 is 2.47 bits per heavy atom. The lowest BCUT2D eigenvalue weighted by Gasteiger charge is -2.26. The second-order valence-electron chi connectivity index (χ2n) is 4.47. The van der Waals surface area contributed by atoms with Crippen molar-refractivity contribution in [3.63, 3.8) is 0 Å². The van der Waals surface area contributed by atoms with Crippen LogP contribution in [0.1, 0.15) is 19.3 Å². The predicted octanol–water partition coefficient (Wildman–Crippen LogP) is 0.923. The maximum absolute atomic E-state index is 11.8. The summed E-state index contributed by atoms with van der Waals surface area (Å²) in [4.78, 5) is 15.9. The minimum atomic E-state index is -0.401. The van der Waals surface area contributed by atoms with Gasteiger partial charge < -0.3 is 15.4 Å². The molecule has 17 heavy (non-hydrogen) atoms. The minimum Gasteiger partial charge on any atom is -0.477 e. The van der Waals surface area contributed by atoms with E-state index < -0.39 is 6.10 Å². The van der Waals surface area contributed by atoms with Crippen molar-refractivity contribution in [1.29, 1.82) is 0 Å². The number of carbonyl (C=O) groups is 1. The number of anilines is 1. The normalized spacial score (nSPS) is 27.2. The number of hydrogen-bond acceptors (Lipinski definition) is 4. The first-order valence-electron chi connectivity index (χ1n) is 5.99. The summed E-state index contributed by atoms with van der Waals surface area (Å²) in [5, 5.41) is 6.15. The van der Waals surface area contributed by atoms with Gasteiger partial charge >= 0.3 is 0 Å². The molecule has 2 aliphatic heterocycles. The van der Waals surface area contributed by atoms with Crippen LogP contribution in [-0.2, 0) is 4.79 Å². The molecule has 1 saturated heterocycles. The van der Waals surface area contributed by atoms with Gasteiger partial charge in [-0.2, -0.15) is 0 Å². The van der Waals surface area contributed by atoms with Crippen LogP contribution in [0.3, 0.4) is 0 Å². The van der Waals surface area contributed by atoms with E-state index in [1.54, 1.807) is 12.3 Å². The molecule has 5 nitrogen and oxygen atoms in total. The molecule has 0 aliphatic carbocycles. The zero-order chi connectivity index (χ0) is 11.7. The molecule has 1 aromatic heterocycles. The largest absolute Gasteiger partial charge is 0.477 e. The highest BCUT2D eigenvalue weighted by Crippen LogP contribution is 2.28. The Labute approximate surface area is 99.6 Å². The number of fused-ring (bicyclic) bond motifs is 1.